The Balaban J connectivity index is 2.18. The van der Waals surface area contributed by atoms with Crippen molar-refractivity contribution in [3.63, 3.8) is 0 Å². The fraction of sp³-hybridized carbons (Fsp3) is 0.167. The highest BCUT2D eigenvalue weighted by atomic mass is 32.2. The highest BCUT2D eigenvalue weighted by Crippen LogP contribution is 2.18. The van der Waals surface area contributed by atoms with E-state index in [0.717, 1.165) is 11.3 Å². The van der Waals surface area contributed by atoms with Gasteiger partial charge in [-0.3, -0.25) is 9.00 Å². The smallest absolute Gasteiger partial charge is 0.211 e. The molecule has 1 unspecified atom stereocenters. The monoisotopic (exact) mass is 263 g/mol. The van der Waals surface area contributed by atoms with Crippen LogP contribution in [0.3, 0.4) is 0 Å². The molecule has 94 valence electrons. The van der Waals surface area contributed by atoms with Crippen molar-refractivity contribution in [3.8, 4) is 0 Å². The molecule has 18 heavy (non-hydrogen) atoms. The first-order chi connectivity index (χ1) is 8.70. The van der Waals surface area contributed by atoms with Gasteiger partial charge in [0.2, 0.25) is 6.41 Å². The van der Waals surface area contributed by atoms with E-state index < -0.39 is 10.8 Å². The zero-order valence-electron chi connectivity index (χ0n) is 9.84. The normalized spacial score (nSPS) is 12.1. The van der Waals surface area contributed by atoms with Crippen molar-refractivity contribution in [3.05, 3.63) is 41.7 Å². The lowest BCUT2D eigenvalue weighted by Gasteiger charge is -2.06. The van der Waals surface area contributed by atoms with E-state index in [9.17, 15) is 9.00 Å². The van der Waals surface area contributed by atoms with Gasteiger partial charge < -0.3 is 10.3 Å². The van der Waals surface area contributed by atoms with Crippen molar-refractivity contribution in [1.29, 1.82) is 0 Å². The molecule has 5 nitrogen and oxygen atoms in total. The van der Waals surface area contributed by atoms with Crippen LogP contribution in [0.1, 0.15) is 11.3 Å². The van der Waals surface area contributed by atoms with Gasteiger partial charge in [0.15, 0.2) is 5.16 Å². The van der Waals surface area contributed by atoms with Crippen molar-refractivity contribution < 1.29 is 9.00 Å². The zero-order chi connectivity index (χ0) is 13.0. The minimum atomic E-state index is -1.25. The average molecular weight is 263 g/mol. The summed E-state index contributed by atoms with van der Waals surface area (Å²) in [4.78, 5) is 17.5. The third kappa shape index (κ3) is 2.84. The van der Waals surface area contributed by atoms with Gasteiger partial charge in [-0.05, 0) is 18.6 Å². The molecule has 0 fully saturated rings. The summed E-state index contributed by atoms with van der Waals surface area (Å²) in [5.41, 5.74) is 2.36. The third-order valence-electron chi connectivity index (χ3n) is 2.41. The van der Waals surface area contributed by atoms with E-state index in [2.05, 4.69) is 15.3 Å². The number of anilines is 1. The van der Waals surface area contributed by atoms with E-state index in [1.807, 2.05) is 25.1 Å². The molecule has 1 amide bonds. The summed E-state index contributed by atoms with van der Waals surface area (Å²) in [6.45, 7) is 1.86. The fourth-order valence-electron chi connectivity index (χ4n) is 1.56. The first-order valence-corrected chi connectivity index (χ1v) is 6.70. The van der Waals surface area contributed by atoms with Gasteiger partial charge in [-0.1, -0.05) is 18.2 Å². The van der Waals surface area contributed by atoms with Crippen molar-refractivity contribution in [2.75, 3.05) is 5.32 Å². The number of aryl methyl sites for hydroxylation is 1. The maximum absolute atomic E-state index is 12.1. The van der Waals surface area contributed by atoms with Crippen LogP contribution in [0.25, 0.3) is 0 Å². The van der Waals surface area contributed by atoms with E-state index >= 15 is 0 Å². The number of carbonyl (C=O) groups excluding carboxylic acids is 1. The topological polar surface area (TPSA) is 74.8 Å². The number of H-pyrrole nitrogens is 1. The summed E-state index contributed by atoms with van der Waals surface area (Å²) in [5.74, 6) is 0.309. The molecular weight excluding hydrogens is 250 g/mol. The molecule has 6 heteroatoms. The average Bonchev–Trinajstić information content (AvgIpc) is 2.79. The second-order valence-electron chi connectivity index (χ2n) is 3.78. The minimum absolute atomic E-state index is 0.309. The number of nitrogens with one attached hydrogen (secondary N) is 2. The number of hydrogen-bond donors (Lipinski definition) is 2. The number of amides is 1. The van der Waals surface area contributed by atoms with Gasteiger partial charge >= 0.3 is 0 Å². The molecule has 0 aliphatic carbocycles. The van der Waals surface area contributed by atoms with Crippen molar-refractivity contribution in [1.82, 2.24) is 9.97 Å². The van der Waals surface area contributed by atoms with Gasteiger partial charge in [-0.15, -0.1) is 0 Å². The van der Waals surface area contributed by atoms with Crippen molar-refractivity contribution in [2.45, 2.75) is 17.8 Å². The van der Waals surface area contributed by atoms with Gasteiger partial charge in [0.1, 0.15) is 0 Å². The summed E-state index contributed by atoms with van der Waals surface area (Å²) in [7, 11) is -1.25. The fourth-order valence-corrected chi connectivity index (χ4v) is 2.68. The lowest BCUT2D eigenvalue weighted by Crippen LogP contribution is -2.03. The molecule has 1 heterocycles. The zero-order valence-corrected chi connectivity index (χ0v) is 10.7. The van der Waals surface area contributed by atoms with Gasteiger partial charge in [-0.2, -0.15) is 0 Å². The molecular formula is C12H13N3O2S. The van der Waals surface area contributed by atoms with Crippen LogP contribution in [0.15, 0.2) is 35.6 Å². The molecule has 1 aromatic heterocycles. The summed E-state index contributed by atoms with van der Waals surface area (Å²) in [6.07, 6.45) is 2.25. The highest BCUT2D eigenvalue weighted by molar-refractivity contribution is 7.84. The molecule has 0 bridgehead atoms. The van der Waals surface area contributed by atoms with Crippen LogP contribution in [0.4, 0.5) is 5.69 Å². The quantitative estimate of drug-likeness (QED) is 0.804. The van der Waals surface area contributed by atoms with Crippen LogP contribution in [-0.2, 0) is 21.3 Å². The van der Waals surface area contributed by atoms with E-state index in [1.165, 1.54) is 0 Å². The number of rotatable bonds is 5. The van der Waals surface area contributed by atoms with Crippen LogP contribution in [0, 0.1) is 6.92 Å². The maximum atomic E-state index is 12.1. The molecule has 0 aliphatic rings. The van der Waals surface area contributed by atoms with Crippen LogP contribution < -0.4 is 5.32 Å². The number of aromatic nitrogens is 2. The largest absolute Gasteiger partial charge is 0.335 e. The molecule has 2 N–H and O–H groups in total. The molecule has 0 saturated heterocycles. The number of hydrogen-bond acceptors (Lipinski definition) is 3. The predicted octanol–water partition coefficient (Wildman–Crippen LogP) is 1.59. The summed E-state index contributed by atoms with van der Waals surface area (Å²) in [5, 5.41) is 3.04. The standard InChI is InChI=1S/C12H13N3O2S/c1-9-6-13-12(15-9)18(17)7-10-4-2-3-5-11(10)14-8-16/h2-6,8H,7H2,1H3,(H,13,15)(H,14,16). The number of imidazole rings is 1. The molecule has 0 spiro atoms. The molecule has 2 aromatic rings. The third-order valence-corrected chi connectivity index (χ3v) is 3.63. The van der Waals surface area contributed by atoms with Crippen molar-refractivity contribution >= 4 is 22.9 Å². The molecule has 1 aromatic carbocycles. The Bertz CT molecular complexity index is 580. The summed E-state index contributed by atoms with van der Waals surface area (Å²) in [6, 6.07) is 7.26. The summed E-state index contributed by atoms with van der Waals surface area (Å²) >= 11 is 0. The number of carbonyl (C=O) groups is 1. The Morgan fingerprint density at radius 1 is 1.44 bits per heavy atom. The van der Waals surface area contributed by atoms with Crippen molar-refractivity contribution in [2.24, 2.45) is 0 Å². The molecule has 2 rings (SSSR count). The van der Waals surface area contributed by atoms with Crippen LogP contribution in [0.5, 0.6) is 0 Å². The summed E-state index contributed by atoms with van der Waals surface area (Å²) < 4.78 is 12.1. The Morgan fingerprint density at radius 2 is 2.22 bits per heavy atom. The molecule has 1 atom stereocenters. The van der Waals surface area contributed by atoms with Gasteiger partial charge in [0.25, 0.3) is 0 Å². The van der Waals surface area contributed by atoms with Crippen LogP contribution >= 0.6 is 0 Å². The first kappa shape index (κ1) is 12.5. The second kappa shape index (κ2) is 5.59. The Hall–Kier alpha value is -1.95. The highest BCUT2D eigenvalue weighted by Gasteiger charge is 2.10. The van der Waals surface area contributed by atoms with Crippen LogP contribution in [-0.4, -0.2) is 20.6 Å². The number of para-hydroxylation sites is 1. The van der Waals surface area contributed by atoms with E-state index in [0.29, 0.717) is 23.0 Å². The van der Waals surface area contributed by atoms with Gasteiger partial charge in [0, 0.05) is 17.6 Å². The molecule has 0 aliphatic heterocycles. The Kier molecular flexibility index (Phi) is 3.88. The van der Waals surface area contributed by atoms with Crippen LogP contribution in [0.2, 0.25) is 0 Å². The molecule has 0 radical (unpaired) electrons. The minimum Gasteiger partial charge on any atom is -0.335 e. The lowest BCUT2D eigenvalue weighted by molar-refractivity contribution is -0.105. The van der Waals surface area contributed by atoms with E-state index in [-0.39, 0.29) is 0 Å². The maximum Gasteiger partial charge on any atom is 0.211 e. The Morgan fingerprint density at radius 3 is 2.89 bits per heavy atom. The second-order valence-corrected chi connectivity index (χ2v) is 5.15. The number of nitrogens with zero attached hydrogens (tertiary/aromatic N) is 1. The Labute approximate surface area is 107 Å². The van der Waals surface area contributed by atoms with Gasteiger partial charge in [-0.25, -0.2) is 4.98 Å². The first-order valence-electron chi connectivity index (χ1n) is 5.39. The SMILES string of the molecule is Cc1cnc(S(=O)Cc2ccccc2NC=O)[nH]1. The van der Waals surface area contributed by atoms with Gasteiger partial charge in [0.05, 0.1) is 16.6 Å². The lowest BCUT2D eigenvalue weighted by atomic mass is 10.2. The predicted molar refractivity (Wildman–Crippen MR) is 69.6 cm³/mol. The number of benzene rings is 1. The van der Waals surface area contributed by atoms with E-state index in [1.54, 1.807) is 12.3 Å². The number of aromatic amines is 1. The van der Waals surface area contributed by atoms with E-state index in [4.69, 9.17) is 0 Å². The molecule has 0 saturated carbocycles.